The van der Waals surface area contributed by atoms with E-state index in [1.54, 1.807) is 0 Å². The summed E-state index contributed by atoms with van der Waals surface area (Å²) in [5, 5.41) is 0. The Hall–Kier alpha value is -6.15. The average molecular weight is 691 g/mol. The molecule has 0 fully saturated rings. The predicted molar refractivity (Wildman–Crippen MR) is 203 cm³/mol. The van der Waals surface area contributed by atoms with Gasteiger partial charge in [0.1, 0.15) is 5.82 Å². The van der Waals surface area contributed by atoms with Crippen molar-refractivity contribution >= 4 is 7.82 Å². The maximum absolute atomic E-state index is 8.88. The molecule has 2 aromatic heterocycles. The van der Waals surface area contributed by atoms with E-state index in [-0.39, 0.29) is 0 Å². The third-order valence-corrected chi connectivity index (χ3v) is 7.70. The average Bonchev–Trinajstić information content (AvgIpc) is 3.83. The molecular formula is C42H35N4O4P. The Morgan fingerprint density at radius 2 is 0.706 bits per heavy atom. The zero-order chi connectivity index (χ0) is 35.5. The van der Waals surface area contributed by atoms with Crippen molar-refractivity contribution in [1.29, 1.82) is 0 Å². The molecule has 0 amide bonds. The minimum atomic E-state index is -4.64. The lowest BCUT2D eigenvalue weighted by atomic mass is 10.1. The number of benzene rings is 6. The van der Waals surface area contributed by atoms with E-state index in [1.165, 1.54) is 11.1 Å². The molecule has 6 aromatic carbocycles. The highest BCUT2D eigenvalue weighted by atomic mass is 31.2. The van der Waals surface area contributed by atoms with Crippen molar-refractivity contribution in [3.63, 3.8) is 0 Å². The summed E-state index contributed by atoms with van der Waals surface area (Å²) in [6.45, 7) is 0. The monoisotopic (exact) mass is 690 g/mol. The topological polar surface area (TPSA) is 113 Å². The Kier molecular flexibility index (Phi) is 11.2. The second-order valence-corrected chi connectivity index (χ2v) is 12.3. The molecule has 0 aliphatic rings. The van der Waals surface area contributed by atoms with Gasteiger partial charge in [0.2, 0.25) is 5.95 Å². The van der Waals surface area contributed by atoms with Crippen LogP contribution in [0.4, 0.5) is 0 Å². The number of para-hydroxylation sites is 1. The third kappa shape index (κ3) is 9.51. The summed E-state index contributed by atoms with van der Waals surface area (Å²) < 4.78 is 13.1. The van der Waals surface area contributed by atoms with Crippen LogP contribution in [0.25, 0.3) is 56.7 Å². The molecule has 8 aromatic rings. The number of hydrogen-bond donors (Lipinski definition) is 3. The van der Waals surface area contributed by atoms with E-state index < -0.39 is 7.82 Å². The molecule has 0 radical (unpaired) electrons. The van der Waals surface area contributed by atoms with Crippen LogP contribution in [0.3, 0.4) is 0 Å². The molecule has 0 atom stereocenters. The molecule has 9 heteroatoms. The molecule has 8 nitrogen and oxygen atoms in total. The van der Waals surface area contributed by atoms with Crippen LogP contribution in [0.5, 0.6) is 0 Å². The van der Waals surface area contributed by atoms with Crippen molar-refractivity contribution < 1.29 is 19.2 Å². The first-order chi connectivity index (χ1) is 24.8. The van der Waals surface area contributed by atoms with Gasteiger partial charge < -0.3 is 14.7 Å². The number of phosphoric acid groups is 1. The highest BCUT2D eigenvalue weighted by Crippen LogP contribution is 2.31. The van der Waals surface area contributed by atoms with E-state index in [0.29, 0.717) is 0 Å². The van der Waals surface area contributed by atoms with Crippen LogP contribution in [0.15, 0.2) is 194 Å². The molecule has 0 spiro atoms. The summed E-state index contributed by atoms with van der Waals surface area (Å²) in [4.78, 5) is 31.7. The first kappa shape index (κ1) is 34.7. The number of nitrogens with zero attached hydrogens (tertiary/aromatic N) is 4. The zero-order valence-electron chi connectivity index (χ0n) is 27.5. The first-order valence-corrected chi connectivity index (χ1v) is 17.7. The van der Waals surface area contributed by atoms with E-state index in [4.69, 9.17) is 29.2 Å². The van der Waals surface area contributed by atoms with Gasteiger partial charge in [-0.15, -0.1) is 0 Å². The molecule has 252 valence electrons. The van der Waals surface area contributed by atoms with Gasteiger partial charge in [0.15, 0.2) is 0 Å². The Labute approximate surface area is 296 Å². The van der Waals surface area contributed by atoms with E-state index >= 15 is 0 Å². The lowest BCUT2D eigenvalue weighted by Crippen LogP contribution is -2.05. The largest absolute Gasteiger partial charge is 0.466 e. The van der Waals surface area contributed by atoms with Gasteiger partial charge in [0, 0.05) is 34.8 Å². The molecule has 0 saturated carbocycles. The molecule has 3 N–H and O–H groups in total. The summed E-state index contributed by atoms with van der Waals surface area (Å²) in [6, 6.07) is 61.9. The lowest BCUT2D eigenvalue weighted by Gasteiger charge is -2.10. The molecule has 8 rings (SSSR count). The molecule has 2 heterocycles. The second-order valence-electron chi connectivity index (χ2n) is 11.3. The maximum Gasteiger partial charge on any atom is 0.466 e. The summed E-state index contributed by atoms with van der Waals surface area (Å²) in [7, 11) is -4.64. The molecule has 0 saturated heterocycles. The van der Waals surface area contributed by atoms with Crippen LogP contribution in [-0.2, 0) is 4.57 Å². The summed E-state index contributed by atoms with van der Waals surface area (Å²) >= 11 is 0. The van der Waals surface area contributed by atoms with Crippen LogP contribution in [0.2, 0.25) is 0 Å². The summed E-state index contributed by atoms with van der Waals surface area (Å²) in [5.41, 5.74) is 8.59. The van der Waals surface area contributed by atoms with E-state index in [0.717, 1.165) is 45.5 Å². The molecule has 0 bridgehead atoms. The zero-order valence-corrected chi connectivity index (χ0v) is 28.4. The van der Waals surface area contributed by atoms with Gasteiger partial charge in [0.25, 0.3) is 0 Å². The van der Waals surface area contributed by atoms with Crippen molar-refractivity contribution in [2.45, 2.75) is 0 Å². The van der Waals surface area contributed by atoms with Gasteiger partial charge in [-0.25, -0.2) is 14.5 Å². The van der Waals surface area contributed by atoms with Gasteiger partial charge in [-0.3, -0.25) is 9.13 Å². The van der Waals surface area contributed by atoms with Crippen molar-refractivity contribution in [3.05, 3.63) is 194 Å². The van der Waals surface area contributed by atoms with Gasteiger partial charge in [-0.1, -0.05) is 170 Å². The van der Waals surface area contributed by atoms with E-state index in [2.05, 4.69) is 119 Å². The standard InChI is InChI=1S/C30H22N4.C12H10.H3O4P/c1-5-13-23(14-6-1)27-22-34(29(31-27)25-17-9-3-10-18-25)30-32-28(24-15-7-2-8-16-24)21-33(30)26-19-11-4-12-20-26;1-3-7-11(8-4-1)12-9-5-2-6-10-12;1-5(2,3)4/h1-22H;1-10H;(H3,1,2,3,4). The Morgan fingerprint density at radius 1 is 0.392 bits per heavy atom. The highest BCUT2D eigenvalue weighted by Gasteiger charge is 2.19. The molecule has 0 aliphatic carbocycles. The van der Waals surface area contributed by atoms with Gasteiger partial charge in [-0.2, -0.15) is 0 Å². The fourth-order valence-electron chi connectivity index (χ4n) is 5.40. The molecule has 0 aliphatic heterocycles. The van der Waals surface area contributed by atoms with Gasteiger partial charge >= 0.3 is 7.82 Å². The SMILES string of the molecule is O=P(O)(O)O.c1ccc(-c2ccccc2)cc1.c1ccc(-c2cn(-c3nc(-c4ccccc4)cn3-c3ccccc3)c(-c3ccccc3)n2)cc1. The smallest absolute Gasteiger partial charge is 0.303 e. The van der Waals surface area contributed by atoms with Crippen LogP contribution in [-0.4, -0.2) is 33.8 Å². The van der Waals surface area contributed by atoms with Crippen LogP contribution >= 0.6 is 7.82 Å². The number of aromatic nitrogens is 4. The van der Waals surface area contributed by atoms with Crippen molar-refractivity contribution in [1.82, 2.24) is 19.1 Å². The maximum atomic E-state index is 8.88. The number of imidazole rings is 2. The van der Waals surface area contributed by atoms with Crippen molar-refractivity contribution in [2.75, 3.05) is 0 Å². The Bertz CT molecular complexity index is 2130. The first-order valence-electron chi connectivity index (χ1n) is 16.1. The number of hydrogen-bond acceptors (Lipinski definition) is 3. The minimum Gasteiger partial charge on any atom is -0.303 e. The normalized spacial score (nSPS) is 10.7. The summed E-state index contributed by atoms with van der Waals surface area (Å²) in [6.07, 6.45) is 4.17. The van der Waals surface area contributed by atoms with Gasteiger partial charge in [0.05, 0.1) is 11.4 Å². The van der Waals surface area contributed by atoms with Crippen LogP contribution in [0.1, 0.15) is 0 Å². The highest BCUT2D eigenvalue weighted by molar-refractivity contribution is 7.45. The fraction of sp³-hybridized carbons (Fsp3) is 0. The molecular weight excluding hydrogens is 655 g/mol. The van der Waals surface area contributed by atoms with Crippen molar-refractivity contribution in [2.24, 2.45) is 0 Å². The predicted octanol–water partition coefficient (Wildman–Crippen LogP) is 9.48. The Morgan fingerprint density at radius 3 is 1.12 bits per heavy atom. The lowest BCUT2D eigenvalue weighted by molar-refractivity contribution is 0.275. The fourth-order valence-corrected chi connectivity index (χ4v) is 5.40. The van der Waals surface area contributed by atoms with Gasteiger partial charge in [-0.05, 0) is 23.3 Å². The molecule has 0 unspecified atom stereocenters. The van der Waals surface area contributed by atoms with Crippen LogP contribution in [0, 0.1) is 0 Å². The second kappa shape index (κ2) is 16.5. The quantitative estimate of drug-likeness (QED) is 0.150. The Balaban J connectivity index is 0.000000217. The number of rotatable bonds is 6. The van der Waals surface area contributed by atoms with E-state index in [9.17, 15) is 0 Å². The molecule has 51 heavy (non-hydrogen) atoms. The summed E-state index contributed by atoms with van der Waals surface area (Å²) in [5.74, 6) is 1.64. The van der Waals surface area contributed by atoms with Crippen molar-refractivity contribution in [3.8, 4) is 56.7 Å². The third-order valence-electron chi connectivity index (χ3n) is 7.70. The van der Waals surface area contributed by atoms with Crippen LogP contribution < -0.4 is 0 Å². The van der Waals surface area contributed by atoms with E-state index in [1.807, 2.05) is 84.9 Å². The minimum absolute atomic E-state index is 0.790.